The molecule has 0 saturated carbocycles. The molecule has 3 heterocycles. The van der Waals surface area contributed by atoms with Crippen LogP contribution in [0.1, 0.15) is 31.5 Å². The van der Waals surface area contributed by atoms with Crippen LogP contribution in [0.5, 0.6) is 0 Å². The Balaban J connectivity index is 1.88. The van der Waals surface area contributed by atoms with E-state index in [1.165, 1.54) is 11.3 Å². The molecular weight excluding hydrogens is 382 g/mol. The van der Waals surface area contributed by atoms with Gasteiger partial charge in [0.15, 0.2) is 9.84 Å². The quantitative estimate of drug-likeness (QED) is 0.723. The predicted molar refractivity (Wildman–Crippen MR) is 107 cm³/mol. The van der Waals surface area contributed by atoms with Gasteiger partial charge in [-0.3, -0.25) is 0 Å². The highest BCUT2D eigenvalue weighted by molar-refractivity contribution is 7.91. The van der Waals surface area contributed by atoms with Crippen LogP contribution in [-0.4, -0.2) is 45.7 Å². The van der Waals surface area contributed by atoms with Crippen LogP contribution >= 0.6 is 11.3 Å². The van der Waals surface area contributed by atoms with Gasteiger partial charge in [0.2, 0.25) is 0 Å². The van der Waals surface area contributed by atoms with Crippen LogP contribution in [0.15, 0.2) is 42.0 Å². The number of thiazole rings is 1. The summed E-state index contributed by atoms with van der Waals surface area (Å²) in [4.78, 5) is 9.33. The van der Waals surface area contributed by atoms with E-state index in [9.17, 15) is 13.5 Å². The molecule has 0 spiro atoms. The monoisotopic (exact) mass is 403 g/mol. The molecule has 0 aliphatic carbocycles. The Hall–Kier alpha value is -2.03. The fraction of sp³-hybridized carbons (Fsp3) is 0.368. The molecule has 1 aromatic carbocycles. The molecule has 6 nitrogen and oxygen atoms in total. The lowest BCUT2D eigenvalue weighted by molar-refractivity contribution is 0.154. The number of rotatable bonds is 4. The van der Waals surface area contributed by atoms with E-state index in [1.54, 1.807) is 10.9 Å². The van der Waals surface area contributed by atoms with Gasteiger partial charge in [0.05, 0.1) is 41.4 Å². The molecule has 1 aliphatic heterocycles. The van der Waals surface area contributed by atoms with Gasteiger partial charge < -0.3 is 9.67 Å². The second kappa shape index (κ2) is 6.85. The van der Waals surface area contributed by atoms with E-state index in [0.29, 0.717) is 5.92 Å². The molecule has 27 heavy (non-hydrogen) atoms. The molecular formula is C19H21N3O3S2. The first kappa shape index (κ1) is 18.3. The number of hydrogen-bond acceptors (Lipinski definition) is 6. The standard InChI is InChI=1S/C19H21N3O3S2/c1-12(2)14-8-26-19(21-14)18-17(13-6-4-3-5-7-13)20-11-22(18)15-9-27(24,25)10-16(15)23/h3-8,11-12,15-16,23H,9-10H2,1-2H3/t15-,16-/m0/s1. The molecule has 0 bridgehead atoms. The van der Waals surface area contributed by atoms with E-state index >= 15 is 0 Å². The van der Waals surface area contributed by atoms with Gasteiger partial charge in [0.25, 0.3) is 0 Å². The van der Waals surface area contributed by atoms with Gasteiger partial charge in [-0.25, -0.2) is 18.4 Å². The Labute approximate surface area is 162 Å². The smallest absolute Gasteiger partial charge is 0.155 e. The number of aliphatic hydroxyl groups is 1. The van der Waals surface area contributed by atoms with Crippen molar-refractivity contribution >= 4 is 21.2 Å². The number of imidazole rings is 1. The largest absolute Gasteiger partial charge is 0.390 e. The minimum Gasteiger partial charge on any atom is -0.390 e. The number of hydrogen-bond donors (Lipinski definition) is 1. The Morgan fingerprint density at radius 3 is 2.56 bits per heavy atom. The van der Waals surface area contributed by atoms with Crippen LogP contribution < -0.4 is 0 Å². The normalized spacial score (nSPS) is 21.8. The third-order valence-corrected chi connectivity index (χ3v) is 7.37. The van der Waals surface area contributed by atoms with Crippen LogP contribution in [0.25, 0.3) is 22.0 Å². The van der Waals surface area contributed by atoms with E-state index in [-0.39, 0.29) is 11.5 Å². The van der Waals surface area contributed by atoms with Crippen molar-refractivity contribution in [1.29, 1.82) is 0 Å². The van der Waals surface area contributed by atoms with Gasteiger partial charge in [-0.2, -0.15) is 0 Å². The van der Waals surface area contributed by atoms with Crippen LogP contribution in [0.4, 0.5) is 0 Å². The SMILES string of the molecule is CC(C)c1csc(-c2c(-c3ccccc3)ncn2[C@H]2CS(=O)(=O)C[C@@H]2O)n1. The Bertz CT molecular complexity index is 1060. The second-order valence-corrected chi connectivity index (χ2v) is 10.2. The first-order valence-electron chi connectivity index (χ1n) is 8.82. The first-order valence-corrected chi connectivity index (χ1v) is 11.5. The summed E-state index contributed by atoms with van der Waals surface area (Å²) in [5.41, 5.74) is 3.43. The van der Waals surface area contributed by atoms with E-state index in [2.05, 4.69) is 18.8 Å². The molecule has 1 fully saturated rings. The third-order valence-electron chi connectivity index (χ3n) is 4.81. The highest BCUT2D eigenvalue weighted by atomic mass is 32.2. The van der Waals surface area contributed by atoms with Crippen molar-refractivity contribution in [3.63, 3.8) is 0 Å². The lowest BCUT2D eigenvalue weighted by Gasteiger charge is -2.17. The van der Waals surface area contributed by atoms with E-state index in [0.717, 1.165) is 27.7 Å². The molecule has 2 atom stereocenters. The lowest BCUT2D eigenvalue weighted by Crippen LogP contribution is -2.22. The van der Waals surface area contributed by atoms with Gasteiger partial charge in [0.1, 0.15) is 10.7 Å². The number of aromatic nitrogens is 3. The molecule has 1 aliphatic rings. The maximum Gasteiger partial charge on any atom is 0.155 e. The van der Waals surface area contributed by atoms with Crippen LogP contribution in [0.3, 0.4) is 0 Å². The van der Waals surface area contributed by atoms with Gasteiger partial charge in [-0.05, 0) is 5.92 Å². The van der Waals surface area contributed by atoms with Crippen molar-refractivity contribution < 1.29 is 13.5 Å². The topological polar surface area (TPSA) is 85.1 Å². The fourth-order valence-corrected chi connectivity index (χ4v) is 6.18. The van der Waals surface area contributed by atoms with Crippen molar-refractivity contribution in [3.05, 3.63) is 47.7 Å². The lowest BCUT2D eigenvalue weighted by atomic mass is 10.1. The minimum atomic E-state index is -3.27. The number of sulfone groups is 1. The number of nitrogens with zero attached hydrogens (tertiary/aromatic N) is 3. The highest BCUT2D eigenvalue weighted by Crippen LogP contribution is 2.38. The van der Waals surface area contributed by atoms with Crippen molar-refractivity contribution in [1.82, 2.24) is 14.5 Å². The van der Waals surface area contributed by atoms with E-state index in [1.807, 2.05) is 35.7 Å². The van der Waals surface area contributed by atoms with Gasteiger partial charge in [-0.1, -0.05) is 44.2 Å². The maximum absolute atomic E-state index is 12.0. The summed E-state index contributed by atoms with van der Waals surface area (Å²) >= 11 is 1.52. The van der Waals surface area contributed by atoms with E-state index < -0.39 is 22.0 Å². The molecule has 1 saturated heterocycles. The van der Waals surface area contributed by atoms with Gasteiger partial charge >= 0.3 is 0 Å². The zero-order valence-corrected chi connectivity index (χ0v) is 16.7. The average Bonchev–Trinajstić information content (AvgIpc) is 3.31. The second-order valence-electron chi connectivity index (χ2n) is 7.16. The van der Waals surface area contributed by atoms with Gasteiger partial charge in [0, 0.05) is 10.9 Å². The molecule has 142 valence electrons. The molecule has 0 amide bonds. The fourth-order valence-electron chi connectivity index (χ4n) is 3.37. The van der Waals surface area contributed by atoms with E-state index in [4.69, 9.17) is 4.98 Å². The summed E-state index contributed by atoms with van der Waals surface area (Å²) in [6.45, 7) is 4.17. The highest BCUT2D eigenvalue weighted by Gasteiger charge is 2.39. The summed E-state index contributed by atoms with van der Waals surface area (Å²) < 4.78 is 25.9. The third kappa shape index (κ3) is 3.44. The van der Waals surface area contributed by atoms with Crippen LogP contribution in [0.2, 0.25) is 0 Å². The van der Waals surface area contributed by atoms with Crippen molar-refractivity contribution in [2.24, 2.45) is 0 Å². The van der Waals surface area contributed by atoms with Gasteiger partial charge in [-0.15, -0.1) is 11.3 Å². The predicted octanol–water partition coefficient (Wildman–Crippen LogP) is 3.13. The maximum atomic E-state index is 12.0. The summed E-state index contributed by atoms with van der Waals surface area (Å²) in [5.74, 6) is -0.0109. The Morgan fingerprint density at radius 1 is 1.22 bits per heavy atom. The number of benzene rings is 1. The molecule has 0 unspecified atom stereocenters. The summed E-state index contributed by atoms with van der Waals surface area (Å²) in [7, 11) is -3.27. The number of aliphatic hydroxyl groups excluding tert-OH is 1. The molecule has 3 aromatic rings. The molecule has 8 heteroatoms. The van der Waals surface area contributed by atoms with Crippen molar-refractivity contribution in [2.45, 2.75) is 31.9 Å². The summed E-state index contributed by atoms with van der Waals surface area (Å²) in [6.07, 6.45) is 0.680. The molecule has 4 rings (SSSR count). The Kier molecular flexibility index (Phi) is 4.65. The minimum absolute atomic E-state index is 0.0891. The van der Waals surface area contributed by atoms with Crippen molar-refractivity contribution in [2.75, 3.05) is 11.5 Å². The van der Waals surface area contributed by atoms with Crippen LogP contribution in [0, 0.1) is 0 Å². The average molecular weight is 404 g/mol. The summed E-state index contributed by atoms with van der Waals surface area (Å²) in [6, 6.07) is 9.20. The van der Waals surface area contributed by atoms with Crippen LogP contribution in [-0.2, 0) is 9.84 Å². The Morgan fingerprint density at radius 2 is 1.96 bits per heavy atom. The zero-order chi connectivity index (χ0) is 19.2. The van der Waals surface area contributed by atoms with Crippen molar-refractivity contribution in [3.8, 4) is 22.0 Å². The zero-order valence-electron chi connectivity index (χ0n) is 15.1. The molecule has 1 N–H and O–H groups in total. The molecule has 0 radical (unpaired) electrons. The first-order chi connectivity index (χ1) is 12.9. The summed E-state index contributed by atoms with van der Waals surface area (Å²) in [5, 5.41) is 13.2. The molecule has 2 aromatic heterocycles.